The van der Waals surface area contributed by atoms with Crippen LogP contribution < -0.4 is 10.1 Å². The van der Waals surface area contributed by atoms with Crippen LogP contribution in [0.4, 0.5) is 8.78 Å². The van der Waals surface area contributed by atoms with Gasteiger partial charge < -0.3 is 10.1 Å². The van der Waals surface area contributed by atoms with Gasteiger partial charge in [-0.15, -0.1) is 0 Å². The molecule has 2 rings (SSSR count). The van der Waals surface area contributed by atoms with Crippen molar-refractivity contribution < 1.29 is 13.5 Å². The monoisotopic (exact) mass is 297 g/mol. The summed E-state index contributed by atoms with van der Waals surface area (Å²) in [5, 5.41) is 3.40. The van der Waals surface area contributed by atoms with Gasteiger partial charge in [-0.1, -0.05) is 38.3 Å². The van der Waals surface area contributed by atoms with Gasteiger partial charge in [0.05, 0.1) is 0 Å². The Kier molecular flexibility index (Phi) is 5.97. The van der Waals surface area contributed by atoms with Crippen LogP contribution in [-0.4, -0.2) is 13.7 Å². The summed E-state index contributed by atoms with van der Waals surface area (Å²) in [7, 11) is 1.98. The SMILES string of the molecule is CCC1CCCC(C(NC)c2ccc(OC(F)F)cc2)C1. The van der Waals surface area contributed by atoms with E-state index in [0.717, 1.165) is 11.5 Å². The van der Waals surface area contributed by atoms with Gasteiger partial charge >= 0.3 is 6.61 Å². The molecule has 1 aromatic carbocycles. The number of halogens is 2. The van der Waals surface area contributed by atoms with Crippen molar-refractivity contribution in [3.05, 3.63) is 29.8 Å². The highest BCUT2D eigenvalue weighted by molar-refractivity contribution is 5.29. The van der Waals surface area contributed by atoms with Crippen LogP contribution in [0.25, 0.3) is 0 Å². The molecular formula is C17H25F2NO. The van der Waals surface area contributed by atoms with Crippen LogP contribution in [-0.2, 0) is 0 Å². The van der Waals surface area contributed by atoms with Gasteiger partial charge in [-0.2, -0.15) is 8.78 Å². The number of alkyl halides is 2. The molecule has 0 spiro atoms. The predicted molar refractivity (Wildman–Crippen MR) is 80.6 cm³/mol. The number of ether oxygens (including phenoxy) is 1. The predicted octanol–water partition coefficient (Wildman–Crippen LogP) is 4.76. The van der Waals surface area contributed by atoms with Crippen molar-refractivity contribution in [1.29, 1.82) is 0 Å². The fourth-order valence-corrected chi connectivity index (χ4v) is 3.54. The molecule has 1 aliphatic carbocycles. The van der Waals surface area contributed by atoms with Crippen LogP contribution in [0.1, 0.15) is 50.6 Å². The third-order valence-corrected chi connectivity index (χ3v) is 4.65. The minimum atomic E-state index is -2.76. The molecule has 2 nitrogen and oxygen atoms in total. The van der Waals surface area contributed by atoms with E-state index in [0.29, 0.717) is 12.0 Å². The minimum Gasteiger partial charge on any atom is -0.435 e. The van der Waals surface area contributed by atoms with E-state index in [-0.39, 0.29) is 5.75 Å². The van der Waals surface area contributed by atoms with E-state index in [1.54, 1.807) is 12.1 Å². The van der Waals surface area contributed by atoms with Crippen molar-refractivity contribution in [3.63, 3.8) is 0 Å². The van der Waals surface area contributed by atoms with Crippen LogP contribution in [0.15, 0.2) is 24.3 Å². The van der Waals surface area contributed by atoms with Crippen molar-refractivity contribution in [3.8, 4) is 5.75 Å². The Balaban J connectivity index is 2.06. The lowest BCUT2D eigenvalue weighted by molar-refractivity contribution is -0.0498. The Bertz CT molecular complexity index is 421. The van der Waals surface area contributed by atoms with Crippen molar-refractivity contribution >= 4 is 0 Å². The zero-order valence-electron chi connectivity index (χ0n) is 12.8. The Morgan fingerprint density at radius 2 is 1.95 bits per heavy atom. The van der Waals surface area contributed by atoms with Gasteiger partial charge in [0.2, 0.25) is 0 Å². The molecule has 3 unspecified atom stereocenters. The largest absolute Gasteiger partial charge is 0.435 e. The third kappa shape index (κ3) is 4.40. The van der Waals surface area contributed by atoms with Crippen LogP contribution in [0.5, 0.6) is 5.75 Å². The summed E-state index contributed by atoms with van der Waals surface area (Å²) < 4.78 is 28.8. The molecule has 1 fully saturated rings. The molecule has 118 valence electrons. The van der Waals surface area contributed by atoms with Gasteiger partial charge in [0.15, 0.2) is 0 Å². The summed E-state index contributed by atoms with van der Waals surface area (Å²) in [6.07, 6.45) is 6.35. The summed E-state index contributed by atoms with van der Waals surface area (Å²) in [6, 6.07) is 7.35. The van der Waals surface area contributed by atoms with Gasteiger partial charge in [-0.3, -0.25) is 0 Å². The molecule has 0 aromatic heterocycles. The second-order valence-electron chi connectivity index (χ2n) is 5.91. The highest BCUT2D eigenvalue weighted by Gasteiger charge is 2.27. The average molecular weight is 297 g/mol. The molecule has 0 aliphatic heterocycles. The van der Waals surface area contributed by atoms with Gasteiger partial charge in [0, 0.05) is 6.04 Å². The second-order valence-corrected chi connectivity index (χ2v) is 5.91. The Morgan fingerprint density at radius 1 is 1.24 bits per heavy atom. The van der Waals surface area contributed by atoms with E-state index in [4.69, 9.17) is 0 Å². The zero-order valence-corrected chi connectivity index (χ0v) is 12.8. The topological polar surface area (TPSA) is 21.3 Å². The Morgan fingerprint density at radius 3 is 2.52 bits per heavy atom. The van der Waals surface area contributed by atoms with E-state index in [1.165, 1.54) is 32.1 Å². The molecule has 0 amide bonds. The van der Waals surface area contributed by atoms with E-state index in [1.807, 2.05) is 19.2 Å². The third-order valence-electron chi connectivity index (χ3n) is 4.65. The molecule has 4 heteroatoms. The van der Waals surface area contributed by atoms with E-state index < -0.39 is 6.61 Å². The maximum atomic E-state index is 12.2. The molecule has 1 saturated carbocycles. The first-order chi connectivity index (χ1) is 10.1. The van der Waals surface area contributed by atoms with Crippen LogP contribution >= 0.6 is 0 Å². The fraction of sp³-hybridized carbons (Fsp3) is 0.647. The van der Waals surface area contributed by atoms with Crippen molar-refractivity contribution in [2.75, 3.05) is 7.05 Å². The molecule has 0 saturated heterocycles. The lowest BCUT2D eigenvalue weighted by Crippen LogP contribution is -2.29. The quantitative estimate of drug-likeness (QED) is 0.817. The van der Waals surface area contributed by atoms with Gasteiger partial charge in [-0.05, 0) is 49.4 Å². The molecule has 1 N–H and O–H groups in total. The van der Waals surface area contributed by atoms with Crippen LogP contribution in [0, 0.1) is 11.8 Å². The fourth-order valence-electron chi connectivity index (χ4n) is 3.54. The van der Waals surface area contributed by atoms with Gasteiger partial charge in [0.1, 0.15) is 5.75 Å². The van der Waals surface area contributed by atoms with E-state index in [9.17, 15) is 8.78 Å². The van der Waals surface area contributed by atoms with Crippen molar-refractivity contribution in [2.45, 2.75) is 51.7 Å². The maximum absolute atomic E-state index is 12.2. The van der Waals surface area contributed by atoms with Gasteiger partial charge in [0.25, 0.3) is 0 Å². The standard InChI is InChI=1S/C17H25F2NO/c1-3-12-5-4-6-14(11-12)16(20-2)13-7-9-15(10-8-13)21-17(18)19/h7-10,12,14,16-17,20H,3-6,11H2,1-2H3. The Hall–Kier alpha value is -1.16. The first kappa shape index (κ1) is 16.2. The molecular weight excluding hydrogens is 272 g/mol. The molecule has 3 atom stereocenters. The molecule has 0 radical (unpaired) electrons. The number of hydrogen-bond acceptors (Lipinski definition) is 2. The first-order valence-corrected chi connectivity index (χ1v) is 7.86. The molecule has 0 bridgehead atoms. The number of hydrogen-bond donors (Lipinski definition) is 1. The molecule has 1 aliphatic rings. The number of rotatable bonds is 6. The lowest BCUT2D eigenvalue weighted by atomic mass is 9.75. The highest BCUT2D eigenvalue weighted by atomic mass is 19.3. The maximum Gasteiger partial charge on any atom is 0.387 e. The van der Waals surface area contributed by atoms with E-state index in [2.05, 4.69) is 17.0 Å². The summed E-state index contributed by atoms with van der Waals surface area (Å²) in [6.45, 7) is -0.502. The summed E-state index contributed by atoms with van der Waals surface area (Å²) >= 11 is 0. The summed E-state index contributed by atoms with van der Waals surface area (Å²) in [4.78, 5) is 0. The molecule has 1 aromatic rings. The summed E-state index contributed by atoms with van der Waals surface area (Å²) in [5.41, 5.74) is 1.15. The average Bonchev–Trinajstić information content (AvgIpc) is 2.49. The minimum absolute atomic E-state index is 0.221. The van der Waals surface area contributed by atoms with Gasteiger partial charge in [-0.25, -0.2) is 0 Å². The second kappa shape index (κ2) is 7.74. The lowest BCUT2D eigenvalue weighted by Gasteiger charge is -2.34. The first-order valence-electron chi connectivity index (χ1n) is 7.86. The van der Waals surface area contributed by atoms with Crippen molar-refractivity contribution in [2.24, 2.45) is 11.8 Å². The molecule has 0 heterocycles. The smallest absolute Gasteiger partial charge is 0.387 e. The molecule has 21 heavy (non-hydrogen) atoms. The van der Waals surface area contributed by atoms with Crippen molar-refractivity contribution in [1.82, 2.24) is 5.32 Å². The number of nitrogens with one attached hydrogen (secondary N) is 1. The van der Waals surface area contributed by atoms with Crippen LogP contribution in [0.2, 0.25) is 0 Å². The highest BCUT2D eigenvalue weighted by Crippen LogP contribution is 2.38. The summed E-state index contributed by atoms with van der Waals surface area (Å²) in [5.74, 6) is 1.66. The normalized spacial score (nSPS) is 24.0. The van der Waals surface area contributed by atoms with E-state index >= 15 is 0 Å². The number of benzene rings is 1. The Labute approximate surface area is 125 Å². The van der Waals surface area contributed by atoms with Crippen LogP contribution in [0.3, 0.4) is 0 Å². The zero-order chi connectivity index (χ0) is 15.2.